The number of nitrogens with one attached hydrogen (secondary N) is 2. The molecule has 4 unspecified atom stereocenters. The zero-order valence-electron chi connectivity index (χ0n) is 19.9. The predicted octanol–water partition coefficient (Wildman–Crippen LogP) is -3.77. The highest BCUT2D eigenvalue weighted by molar-refractivity contribution is 5.90. The van der Waals surface area contributed by atoms with Crippen LogP contribution in [0.1, 0.15) is 25.7 Å². The Labute approximate surface area is 207 Å². The van der Waals surface area contributed by atoms with Gasteiger partial charge in [0.05, 0.1) is 38.8 Å². The summed E-state index contributed by atoms with van der Waals surface area (Å²) in [5, 5.41) is 61.4. The van der Waals surface area contributed by atoms with Crippen molar-refractivity contribution in [2.45, 2.75) is 68.5 Å². The lowest BCUT2D eigenvalue weighted by Crippen LogP contribution is -2.58. The van der Waals surface area contributed by atoms with Gasteiger partial charge in [0.2, 0.25) is 0 Å². The molecule has 1 fully saturated rings. The van der Waals surface area contributed by atoms with Crippen molar-refractivity contribution in [1.82, 2.24) is 10.6 Å². The zero-order chi connectivity index (χ0) is 27.3. The number of ether oxygens (including phenoxy) is 3. The summed E-state index contributed by atoms with van der Waals surface area (Å²) in [6.45, 7) is -0.179. The Morgan fingerprint density at radius 3 is 2.17 bits per heavy atom. The van der Waals surface area contributed by atoms with E-state index in [4.69, 9.17) is 24.4 Å². The average Bonchev–Trinajstić information content (AvgIpc) is 2.82. The number of carboxylic acids is 2. The number of Topliss-reactive ketones (excluding diaryl/α,β-unsaturated/α-hetero) is 2. The molecule has 1 aliphatic rings. The van der Waals surface area contributed by atoms with Crippen molar-refractivity contribution in [2.75, 3.05) is 40.0 Å². The first kappa shape index (κ1) is 31.9. The number of aliphatic hydroxyl groups excluding tert-OH is 4. The maximum Gasteiger partial charge on any atom is 0.321 e. The third-order valence-corrected chi connectivity index (χ3v) is 5.44. The van der Waals surface area contributed by atoms with Crippen LogP contribution in [0.25, 0.3) is 0 Å². The summed E-state index contributed by atoms with van der Waals surface area (Å²) < 4.78 is 15.6. The molecule has 0 amide bonds. The molecule has 1 heterocycles. The maximum atomic E-state index is 12.4. The fourth-order valence-corrected chi connectivity index (χ4v) is 3.33. The Morgan fingerprint density at radius 1 is 0.889 bits per heavy atom. The van der Waals surface area contributed by atoms with Crippen LogP contribution in [-0.4, -0.2) is 137 Å². The topological polar surface area (TPSA) is 241 Å². The van der Waals surface area contributed by atoms with Crippen molar-refractivity contribution in [3.8, 4) is 0 Å². The molecule has 0 saturated carbocycles. The SMILES string of the molecule is CNC(CC(=O)CNC(CC(=O)O)C(=O)CCCOCCOCC1O[C@@H](O)C(O)[C@@H](O)[C@@H]1O)C(=O)O. The van der Waals surface area contributed by atoms with E-state index in [1.165, 1.54) is 7.05 Å². The number of aliphatic hydroxyl groups is 4. The van der Waals surface area contributed by atoms with Gasteiger partial charge in [-0.05, 0) is 13.5 Å². The smallest absolute Gasteiger partial charge is 0.321 e. The first-order valence-corrected chi connectivity index (χ1v) is 11.4. The van der Waals surface area contributed by atoms with Gasteiger partial charge in [0.1, 0.15) is 42.0 Å². The third-order valence-electron chi connectivity index (χ3n) is 5.44. The van der Waals surface area contributed by atoms with Crippen molar-refractivity contribution < 1.29 is 64.0 Å². The minimum atomic E-state index is -1.65. The summed E-state index contributed by atoms with van der Waals surface area (Å²) in [5.41, 5.74) is 0. The number of carbonyl (C=O) groups is 4. The first-order valence-electron chi connectivity index (χ1n) is 11.4. The molecule has 0 aromatic heterocycles. The minimum Gasteiger partial charge on any atom is -0.481 e. The van der Waals surface area contributed by atoms with Crippen LogP contribution in [0.2, 0.25) is 0 Å². The van der Waals surface area contributed by atoms with Gasteiger partial charge in [0.25, 0.3) is 0 Å². The molecule has 208 valence electrons. The fraction of sp³-hybridized carbons (Fsp3) is 0.810. The molecule has 7 atom stereocenters. The molecule has 0 spiro atoms. The molecule has 0 bridgehead atoms. The highest BCUT2D eigenvalue weighted by atomic mass is 16.6. The molecule has 36 heavy (non-hydrogen) atoms. The number of carboxylic acid groups (broad SMARTS) is 2. The van der Waals surface area contributed by atoms with Crippen LogP contribution in [0, 0.1) is 0 Å². The van der Waals surface area contributed by atoms with E-state index >= 15 is 0 Å². The summed E-state index contributed by atoms with van der Waals surface area (Å²) in [5.74, 6) is -3.36. The molecule has 1 aliphatic heterocycles. The van der Waals surface area contributed by atoms with Crippen LogP contribution in [0.15, 0.2) is 0 Å². The Morgan fingerprint density at radius 2 is 1.56 bits per heavy atom. The van der Waals surface area contributed by atoms with E-state index in [1.807, 2.05) is 0 Å². The van der Waals surface area contributed by atoms with Crippen LogP contribution in [0.4, 0.5) is 0 Å². The van der Waals surface area contributed by atoms with Crippen molar-refractivity contribution in [3.05, 3.63) is 0 Å². The zero-order valence-corrected chi connectivity index (χ0v) is 19.9. The number of carbonyl (C=O) groups excluding carboxylic acids is 2. The van der Waals surface area contributed by atoms with E-state index in [9.17, 15) is 39.6 Å². The minimum absolute atomic E-state index is 0.0194. The molecule has 0 aromatic rings. The van der Waals surface area contributed by atoms with Gasteiger partial charge in [0.15, 0.2) is 6.29 Å². The van der Waals surface area contributed by atoms with Crippen molar-refractivity contribution in [2.24, 2.45) is 0 Å². The standard InChI is InChI=1S/C21H36N2O13/c1-22-13(20(31)32)7-11(24)9-23-12(8-16(26)27)14(25)3-2-4-34-5-6-35-10-15-17(28)18(29)19(30)21(33)36-15/h12-13,15,17-19,21-23,28-30,33H,2-10H2,1H3,(H,26,27)(H,31,32)/t12?,13?,15?,17-,18+,19?,21-/m1/s1. The Bertz CT molecular complexity index is 722. The monoisotopic (exact) mass is 524 g/mol. The van der Waals surface area contributed by atoms with E-state index in [0.717, 1.165) is 0 Å². The van der Waals surface area contributed by atoms with Gasteiger partial charge in [-0.1, -0.05) is 0 Å². The lowest BCUT2D eigenvalue weighted by molar-refractivity contribution is -0.288. The van der Waals surface area contributed by atoms with E-state index in [-0.39, 0.29) is 52.2 Å². The molecule has 0 aromatic carbocycles. The average molecular weight is 525 g/mol. The quantitative estimate of drug-likeness (QED) is 0.0756. The maximum absolute atomic E-state index is 12.4. The molecule has 0 aliphatic carbocycles. The van der Waals surface area contributed by atoms with Crippen LogP contribution in [-0.2, 0) is 33.4 Å². The number of ketones is 2. The third kappa shape index (κ3) is 11.3. The predicted molar refractivity (Wildman–Crippen MR) is 119 cm³/mol. The number of hydrogen-bond acceptors (Lipinski definition) is 13. The van der Waals surface area contributed by atoms with Gasteiger partial charge < -0.3 is 55.5 Å². The lowest BCUT2D eigenvalue weighted by atomic mass is 9.99. The largest absolute Gasteiger partial charge is 0.481 e. The fourth-order valence-electron chi connectivity index (χ4n) is 3.33. The second-order valence-electron chi connectivity index (χ2n) is 8.25. The lowest BCUT2D eigenvalue weighted by Gasteiger charge is -2.38. The number of aliphatic carboxylic acids is 2. The van der Waals surface area contributed by atoms with Gasteiger partial charge in [-0.15, -0.1) is 0 Å². The van der Waals surface area contributed by atoms with Crippen LogP contribution in [0.5, 0.6) is 0 Å². The summed E-state index contributed by atoms with van der Waals surface area (Å²) >= 11 is 0. The normalized spacial score (nSPS) is 25.8. The second kappa shape index (κ2) is 16.6. The van der Waals surface area contributed by atoms with Gasteiger partial charge >= 0.3 is 11.9 Å². The van der Waals surface area contributed by atoms with Crippen molar-refractivity contribution in [3.63, 3.8) is 0 Å². The molecule has 0 radical (unpaired) electrons. The molecular weight excluding hydrogens is 488 g/mol. The Kier molecular flexibility index (Phi) is 14.8. The van der Waals surface area contributed by atoms with Gasteiger partial charge in [-0.2, -0.15) is 0 Å². The Balaban J connectivity index is 2.27. The van der Waals surface area contributed by atoms with Crippen LogP contribution < -0.4 is 10.6 Å². The van der Waals surface area contributed by atoms with E-state index in [1.54, 1.807) is 0 Å². The first-order chi connectivity index (χ1) is 17.0. The molecule has 15 heteroatoms. The van der Waals surface area contributed by atoms with Crippen molar-refractivity contribution >= 4 is 23.5 Å². The molecular formula is C21H36N2O13. The highest BCUT2D eigenvalue weighted by Gasteiger charge is 2.42. The van der Waals surface area contributed by atoms with Gasteiger partial charge in [0, 0.05) is 19.4 Å². The summed E-state index contributed by atoms with van der Waals surface area (Å²) in [6.07, 6.45) is -7.96. The molecule has 15 nitrogen and oxygen atoms in total. The molecule has 8 N–H and O–H groups in total. The Hall–Kier alpha value is -2.08. The molecule has 1 rings (SSSR count). The second-order valence-corrected chi connectivity index (χ2v) is 8.25. The van der Waals surface area contributed by atoms with Gasteiger partial charge in [-0.3, -0.25) is 19.2 Å². The van der Waals surface area contributed by atoms with E-state index < -0.39 is 72.7 Å². The summed E-state index contributed by atoms with van der Waals surface area (Å²) in [7, 11) is 1.39. The highest BCUT2D eigenvalue weighted by Crippen LogP contribution is 2.19. The van der Waals surface area contributed by atoms with E-state index in [2.05, 4.69) is 10.6 Å². The summed E-state index contributed by atoms with van der Waals surface area (Å²) in [6, 6.07) is -2.20. The van der Waals surface area contributed by atoms with E-state index in [0.29, 0.717) is 0 Å². The number of likely N-dealkylation sites (N-methyl/N-ethyl adjacent to an activating group) is 1. The van der Waals surface area contributed by atoms with Crippen molar-refractivity contribution in [1.29, 1.82) is 0 Å². The van der Waals surface area contributed by atoms with Crippen LogP contribution in [0.3, 0.4) is 0 Å². The number of hydrogen-bond donors (Lipinski definition) is 8. The summed E-state index contributed by atoms with van der Waals surface area (Å²) in [4.78, 5) is 46.4. The van der Waals surface area contributed by atoms with Gasteiger partial charge in [-0.25, -0.2) is 0 Å². The number of rotatable bonds is 19. The molecule has 1 saturated heterocycles. The van der Waals surface area contributed by atoms with Crippen LogP contribution >= 0.6 is 0 Å².